The van der Waals surface area contributed by atoms with Crippen LogP contribution in [0.1, 0.15) is 25.8 Å². The van der Waals surface area contributed by atoms with Crippen LogP contribution < -0.4 is 5.32 Å². The predicted molar refractivity (Wildman–Crippen MR) is 112 cm³/mol. The Morgan fingerprint density at radius 2 is 1.77 bits per heavy atom. The zero-order valence-electron chi connectivity index (χ0n) is 17.0. The fraction of sp³-hybridized carbons (Fsp3) is 0.318. The molecule has 0 aliphatic rings. The van der Waals surface area contributed by atoms with Crippen LogP contribution in [0.4, 0.5) is 4.39 Å². The zero-order valence-corrected chi connectivity index (χ0v) is 17.7. The highest BCUT2D eigenvalue weighted by molar-refractivity contribution is 6.32. The van der Waals surface area contributed by atoms with E-state index in [1.165, 1.54) is 6.07 Å². The van der Waals surface area contributed by atoms with Gasteiger partial charge in [-0.05, 0) is 31.4 Å². The van der Waals surface area contributed by atoms with Crippen molar-refractivity contribution in [3.05, 3.63) is 58.9 Å². The summed E-state index contributed by atoms with van der Waals surface area (Å²) in [5.74, 6) is -4.43. The van der Waals surface area contributed by atoms with Crippen LogP contribution in [0.3, 0.4) is 0 Å². The second-order valence-electron chi connectivity index (χ2n) is 7.18. The Morgan fingerprint density at radius 3 is 2.35 bits per heavy atom. The maximum Gasteiger partial charge on any atom is 0.397 e. The van der Waals surface area contributed by atoms with Crippen molar-refractivity contribution in [2.24, 2.45) is 0 Å². The number of benzene rings is 2. The molecule has 2 atom stereocenters. The van der Waals surface area contributed by atoms with Crippen LogP contribution in [0.5, 0.6) is 0 Å². The second kappa shape index (κ2) is 10.9. The van der Waals surface area contributed by atoms with Gasteiger partial charge in [-0.2, -0.15) is 0 Å². The van der Waals surface area contributed by atoms with E-state index in [0.717, 1.165) is 0 Å². The number of esters is 1. The summed E-state index contributed by atoms with van der Waals surface area (Å²) in [5.41, 5.74) is 1.18. The summed E-state index contributed by atoms with van der Waals surface area (Å²) in [7, 11) is 0. The van der Waals surface area contributed by atoms with E-state index in [4.69, 9.17) is 21.4 Å². The molecule has 31 heavy (non-hydrogen) atoms. The highest BCUT2D eigenvalue weighted by Gasteiger charge is 2.27. The molecule has 7 nitrogen and oxygen atoms in total. The number of ether oxygens (including phenoxy) is 1. The van der Waals surface area contributed by atoms with Crippen molar-refractivity contribution < 1.29 is 33.7 Å². The molecule has 0 saturated heterocycles. The number of carbonyl (C=O) groups excluding carboxylic acids is 2. The van der Waals surface area contributed by atoms with Crippen molar-refractivity contribution in [3.63, 3.8) is 0 Å². The van der Waals surface area contributed by atoms with Gasteiger partial charge in [0.2, 0.25) is 0 Å². The highest BCUT2D eigenvalue weighted by atomic mass is 35.5. The first-order valence-corrected chi connectivity index (χ1v) is 9.92. The Morgan fingerprint density at radius 1 is 1.13 bits per heavy atom. The molecule has 0 aromatic heterocycles. The summed E-state index contributed by atoms with van der Waals surface area (Å²) in [4.78, 5) is 34.9. The Labute approximate surface area is 183 Å². The summed E-state index contributed by atoms with van der Waals surface area (Å²) >= 11 is 6.20. The minimum atomic E-state index is -1.81. The lowest BCUT2D eigenvalue weighted by Gasteiger charge is -2.21. The van der Waals surface area contributed by atoms with Crippen LogP contribution in [-0.4, -0.2) is 46.3 Å². The maximum atomic E-state index is 14.9. The first-order valence-electron chi connectivity index (χ1n) is 9.54. The average Bonchev–Trinajstić information content (AvgIpc) is 2.71. The predicted octanol–water partition coefficient (Wildman–Crippen LogP) is 2.96. The van der Waals surface area contributed by atoms with E-state index in [2.05, 4.69) is 5.32 Å². The Balaban J connectivity index is 2.27. The van der Waals surface area contributed by atoms with Gasteiger partial charge in [0.25, 0.3) is 0 Å². The molecular weight excluding hydrogens is 429 g/mol. The van der Waals surface area contributed by atoms with Crippen molar-refractivity contribution in [1.29, 1.82) is 0 Å². The Kier molecular flexibility index (Phi) is 8.53. The van der Waals surface area contributed by atoms with Crippen LogP contribution in [0.15, 0.2) is 42.5 Å². The summed E-state index contributed by atoms with van der Waals surface area (Å²) in [6.07, 6.45) is -2.88. The Bertz CT molecular complexity index is 951. The Hall–Kier alpha value is -2.97. The molecule has 0 fully saturated rings. The number of nitrogens with one attached hydrogen (secondary N) is 1. The summed E-state index contributed by atoms with van der Waals surface area (Å²) in [5, 5.41) is 20.8. The third-order valence-electron chi connectivity index (χ3n) is 4.37. The molecule has 2 aromatic rings. The number of carbonyl (C=O) groups is 3. The maximum absolute atomic E-state index is 14.9. The van der Waals surface area contributed by atoms with Crippen LogP contribution in [0.25, 0.3) is 11.1 Å². The van der Waals surface area contributed by atoms with Gasteiger partial charge in [-0.25, -0.2) is 14.0 Å². The smallest absolute Gasteiger partial charge is 0.397 e. The molecule has 0 heterocycles. The molecule has 0 radical (unpaired) electrons. The fourth-order valence-corrected chi connectivity index (χ4v) is 3.17. The van der Waals surface area contributed by atoms with Gasteiger partial charge < -0.3 is 20.3 Å². The molecule has 0 bridgehead atoms. The van der Waals surface area contributed by atoms with Crippen LogP contribution in [0, 0.1) is 5.82 Å². The highest BCUT2D eigenvalue weighted by Crippen LogP contribution is 2.31. The quantitative estimate of drug-likeness (QED) is 0.420. The molecule has 0 spiro atoms. The number of aliphatic hydroxyl groups excluding tert-OH is 1. The minimum Gasteiger partial charge on any atom is -0.479 e. The van der Waals surface area contributed by atoms with Crippen LogP contribution in [0.2, 0.25) is 5.02 Å². The van der Waals surface area contributed by atoms with E-state index < -0.39 is 48.3 Å². The van der Waals surface area contributed by atoms with Gasteiger partial charge in [-0.3, -0.25) is 4.79 Å². The van der Waals surface area contributed by atoms with E-state index >= 15 is 0 Å². The zero-order chi connectivity index (χ0) is 23.1. The van der Waals surface area contributed by atoms with Gasteiger partial charge in [0.15, 0.2) is 6.10 Å². The number of aliphatic carboxylic acids is 1. The molecule has 0 aliphatic carbocycles. The molecule has 1 amide bonds. The van der Waals surface area contributed by atoms with Crippen LogP contribution in [-0.2, 0) is 25.5 Å². The molecule has 3 N–H and O–H groups in total. The van der Waals surface area contributed by atoms with Gasteiger partial charge in [0.05, 0.1) is 11.1 Å². The molecule has 2 aromatic carbocycles. The lowest BCUT2D eigenvalue weighted by Crippen LogP contribution is -2.44. The third kappa shape index (κ3) is 6.77. The van der Waals surface area contributed by atoms with E-state index in [1.807, 2.05) is 0 Å². The van der Waals surface area contributed by atoms with E-state index in [9.17, 15) is 23.9 Å². The molecular formula is C22H23ClFNO6. The topological polar surface area (TPSA) is 113 Å². The molecule has 2 rings (SSSR count). The van der Waals surface area contributed by atoms with Crippen molar-refractivity contribution in [2.75, 3.05) is 0 Å². The molecule has 9 heteroatoms. The molecule has 0 unspecified atom stereocenters. The number of carboxylic acid groups (broad SMARTS) is 1. The number of carboxylic acids is 1. The van der Waals surface area contributed by atoms with Gasteiger partial charge in [-0.1, -0.05) is 54.1 Å². The van der Waals surface area contributed by atoms with Gasteiger partial charge in [0, 0.05) is 18.0 Å². The van der Waals surface area contributed by atoms with Crippen LogP contribution >= 0.6 is 11.6 Å². The van der Waals surface area contributed by atoms with Crippen molar-refractivity contribution in [1.82, 2.24) is 5.32 Å². The lowest BCUT2D eigenvalue weighted by molar-refractivity contribution is -0.158. The largest absolute Gasteiger partial charge is 0.479 e. The van der Waals surface area contributed by atoms with Gasteiger partial charge in [0.1, 0.15) is 5.82 Å². The lowest BCUT2D eigenvalue weighted by atomic mass is 9.97. The third-order valence-corrected chi connectivity index (χ3v) is 4.78. The average molecular weight is 452 g/mol. The van der Waals surface area contributed by atoms with E-state index in [-0.39, 0.29) is 22.6 Å². The molecule has 0 saturated carbocycles. The minimum absolute atomic E-state index is 0.115. The monoisotopic (exact) mass is 451 g/mol. The summed E-state index contributed by atoms with van der Waals surface area (Å²) in [6.45, 7) is 3.13. The molecule has 166 valence electrons. The number of halogens is 2. The summed E-state index contributed by atoms with van der Waals surface area (Å²) in [6, 6.07) is 10.8. The van der Waals surface area contributed by atoms with Gasteiger partial charge in [-0.15, -0.1) is 0 Å². The number of hydrogen-bond donors (Lipinski definition) is 3. The van der Waals surface area contributed by atoms with E-state index in [0.29, 0.717) is 5.56 Å². The first-order chi connectivity index (χ1) is 14.6. The van der Waals surface area contributed by atoms with Gasteiger partial charge >= 0.3 is 17.8 Å². The first kappa shape index (κ1) is 24.3. The van der Waals surface area contributed by atoms with Crippen molar-refractivity contribution in [3.8, 4) is 11.1 Å². The number of aliphatic hydroxyl groups is 1. The second-order valence-corrected chi connectivity index (χ2v) is 7.56. The fourth-order valence-electron chi connectivity index (χ4n) is 2.93. The number of hydrogen-bond acceptors (Lipinski definition) is 5. The standard InChI is InChI=1S/C22H23ClFNO6/c1-12(2)31-22(30)20(27)25-15(11-17(26)21(28)29)10-14-8-9-16(19(24)18(14)23)13-6-4-3-5-7-13/h3-9,12,15,17,26H,10-11H2,1-2H3,(H,25,27)(H,28,29)/t15-,17-/m1/s1. The SMILES string of the molecule is CC(C)OC(=O)C(=O)N[C@H](Cc1ccc(-c2ccccc2)c(F)c1Cl)C[C@@H](O)C(=O)O. The van der Waals surface area contributed by atoms with E-state index in [1.54, 1.807) is 50.2 Å². The molecule has 0 aliphatic heterocycles. The number of rotatable bonds is 8. The summed E-state index contributed by atoms with van der Waals surface area (Å²) < 4.78 is 19.7. The normalized spacial score (nSPS) is 12.8. The van der Waals surface area contributed by atoms with Crippen molar-refractivity contribution in [2.45, 2.75) is 44.9 Å². The van der Waals surface area contributed by atoms with Crippen molar-refractivity contribution >= 4 is 29.4 Å². The number of amides is 1.